The molecule has 0 unspecified atom stereocenters. The highest BCUT2D eigenvalue weighted by Crippen LogP contribution is 2.29. The number of aromatic nitrogens is 4. The second-order valence-corrected chi connectivity index (χ2v) is 9.24. The maximum atomic E-state index is 11.8. The first-order chi connectivity index (χ1) is 18.0. The fourth-order valence-corrected chi connectivity index (χ4v) is 5.12. The van der Waals surface area contributed by atoms with Crippen LogP contribution in [0.5, 0.6) is 0 Å². The van der Waals surface area contributed by atoms with Crippen LogP contribution < -0.4 is 0 Å². The summed E-state index contributed by atoms with van der Waals surface area (Å²) in [7, 11) is 0. The molecule has 0 aliphatic carbocycles. The van der Waals surface area contributed by atoms with Crippen molar-refractivity contribution in [2.45, 2.75) is 26.8 Å². The van der Waals surface area contributed by atoms with Crippen molar-refractivity contribution in [3.05, 3.63) is 114 Å². The van der Waals surface area contributed by atoms with Gasteiger partial charge in [-0.1, -0.05) is 31.2 Å². The van der Waals surface area contributed by atoms with E-state index in [-0.39, 0.29) is 5.56 Å². The molecule has 0 atom stereocenters. The van der Waals surface area contributed by atoms with Gasteiger partial charge in [-0.2, -0.15) is 0 Å². The quantitative estimate of drug-likeness (QED) is 0.286. The van der Waals surface area contributed by atoms with E-state index in [0.29, 0.717) is 12.2 Å². The monoisotopic (exact) mass is 486 g/mol. The van der Waals surface area contributed by atoms with Crippen molar-refractivity contribution in [2.75, 3.05) is 0 Å². The normalized spacial score (nSPS) is 11.4. The Balaban J connectivity index is 1.42. The van der Waals surface area contributed by atoms with Crippen molar-refractivity contribution in [2.24, 2.45) is 0 Å². The minimum Gasteiger partial charge on any atom is -0.478 e. The number of hydrogen-bond acceptors (Lipinski definition) is 3. The number of fused-ring (bicyclic) bond motifs is 2. The zero-order chi connectivity index (χ0) is 25.5. The fraction of sp³-hybridized carbons (Fsp3) is 0.129. The summed E-state index contributed by atoms with van der Waals surface area (Å²) in [6.07, 6.45) is 4.58. The lowest BCUT2D eigenvalue weighted by Gasteiger charge is -2.12. The molecule has 0 saturated carbocycles. The summed E-state index contributed by atoms with van der Waals surface area (Å²) in [6, 6.07) is 25.8. The number of hydrogen-bond donors (Lipinski definition) is 1. The van der Waals surface area contributed by atoms with Gasteiger partial charge in [0.15, 0.2) is 0 Å². The number of rotatable bonds is 6. The third-order valence-corrected chi connectivity index (χ3v) is 6.89. The molecule has 182 valence electrons. The van der Waals surface area contributed by atoms with Gasteiger partial charge in [0.25, 0.3) is 0 Å². The van der Waals surface area contributed by atoms with E-state index in [1.165, 1.54) is 0 Å². The predicted octanol–water partition coefficient (Wildman–Crippen LogP) is 6.66. The molecule has 1 N–H and O–H groups in total. The fourth-order valence-electron chi connectivity index (χ4n) is 5.12. The number of imidazole rings is 1. The maximum Gasteiger partial charge on any atom is 0.337 e. The van der Waals surface area contributed by atoms with Gasteiger partial charge in [0.05, 0.1) is 33.5 Å². The summed E-state index contributed by atoms with van der Waals surface area (Å²) in [4.78, 5) is 21.3. The first-order valence-corrected chi connectivity index (χ1v) is 12.4. The van der Waals surface area contributed by atoms with Crippen LogP contribution in [0.3, 0.4) is 0 Å². The number of carboxylic acids is 1. The van der Waals surface area contributed by atoms with Gasteiger partial charge in [0.1, 0.15) is 5.82 Å². The lowest BCUT2D eigenvalue weighted by molar-refractivity contribution is 0.0697. The Hall–Kier alpha value is -4.71. The smallest absolute Gasteiger partial charge is 0.337 e. The lowest BCUT2D eigenvalue weighted by atomic mass is 10.1. The molecule has 0 aliphatic rings. The summed E-state index contributed by atoms with van der Waals surface area (Å²) < 4.78 is 4.24. The third kappa shape index (κ3) is 3.96. The highest BCUT2D eigenvalue weighted by atomic mass is 16.4. The third-order valence-electron chi connectivity index (χ3n) is 6.89. The second kappa shape index (κ2) is 9.06. The second-order valence-electron chi connectivity index (χ2n) is 9.24. The zero-order valence-corrected chi connectivity index (χ0v) is 20.7. The number of pyridine rings is 1. The van der Waals surface area contributed by atoms with E-state index in [1.807, 2.05) is 53.4 Å². The molecule has 6 nitrogen and oxygen atoms in total. The molecule has 0 fully saturated rings. The van der Waals surface area contributed by atoms with Gasteiger partial charge in [0.2, 0.25) is 0 Å². The maximum absolute atomic E-state index is 11.8. The summed E-state index contributed by atoms with van der Waals surface area (Å²) in [5.74, 6) is 0.109. The number of nitrogens with zero attached hydrogens (tertiary/aromatic N) is 4. The van der Waals surface area contributed by atoms with Crippen molar-refractivity contribution < 1.29 is 9.90 Å². The zero-order valence-electron chi connectivity index (χ0n) is 20.7. The molecule has 3 aromatic carbocycles. The van der Waals surface area contributed by atoms with Gasteiger partial charge < -0.3 is 14.2 Å². The average Bonchev–Trinajstić information content (AvgIpc) is 3.50. The van der Waals surface area contributed by atoms with E-state index in [0.717, 1.165) is 56.6 Å². The lowest BCUT2D eigenvalue weighted by Crippen LogP contribution is -2.05. The van der Waals surface area contributed by atoms with Crippen LogP contribution in [-0.4, -0.2) is 30.2 Å². The topological polar surface area (TPSA) is 72.9 Å². The van der Waals surface area contributed by atoms with E-state index in [2.05, 4.69) is 53.7 Å². The first-order valence-electron chi connectivity index (χ1n) is 12.4. The average molecular weight is 487 g/mol. The Bertz CT molecular complexity index is 1780. The predicted molar refractivity (Wildman–Crippen MR) is 146 cm³/mol. The minimum atomic E-state index is -0.937. The van der Waals surface area contributed by atoms with Gasteiger partial charge in [-0.05, 0) is 72.6 Å². The number of aryl methyl sites for hydroxylation is 2. The van der Waals surface area contributed by atoms with Crippen molar-refractivity contribution in [3.63, 3.8) is 0 Å². The van der Waals surface area contributed by atoms with Crippen molar-refractivity contribution >= 4 is 27.9 Å². The van der Waals surface area contributed by atoms with Gasteiger partial charge in [-0.25, -0.2) is 9.78 Å². The summed E-state index contributed by atoms with van der Waals surface area (Å²) in [6.45, 7) is 4.93. The Morgan fingerprint density at radius 1 is 0.946 bits per heavy atom. The van der Waals surface area contributed by atoms with Crippen LogP contribution in [0.25, 0.3) is 38.9 Å². The van der Waals surface area contributed by atoms with Gasteiger partial charge in [-0.15, -0.1) is 0 Å². The molecule has 6 rings (SSSR count). The van der Waals surface area contributed by atoms with E-state index in [9.17, 15) is 9.90 Å². The van der Waals surface area contributed by atoms with E-state index in [1.54, 1.807) is 12.1 Å². The van der Waals surface area contributed by atoms with Crippen LogP contribution in [0.4, 0.5) is 0 Å². The first kappa shape index (κ1) is 22.7. The van der Waals surface area contributed by atoms with Crippen LogP contribution in [0.2, 0.25) is 0 Å². The Morgan fingerprint density at radius 2 is 1.78 bits per heavy atom. The molecule has 0 saturated heterocycles. The molecule has 6 heteroatoms. The Kier molecular flexibility index (Phi) is 5.57. The molecular weight excluding hydrogens is 460 g/mol. The highest BCUT2D eigenvalue weighted by molar-refractivity contribution is 5.93. The van der Waals surface area contributed by atoms with Crippen molar-refractivity contribution in [1.82, 2.24) is 19.1 Å². The number of aromatic carboxylic acids is 1. The number of carboxylic acid groups (broad SMARTS) is 1. The van der Waals surface area contributed by atoms with Crippen molar-refractivity contribution in [1.29, 1.82) is 0 Å². The summed E-state index contributed by atoms with van der Waals surface area (Å²) in [5.41, 5.74) is 8.35. The Labute approximate surface area is 214 Å². The molecule has 37 heavy (non-hydrogen) atoms. The molecule has 0 bridgehead atoms. The SMILES string of the molecule is CCc1nc2c(C)cc(-c3ccccn3)cc2n1Cc1ccc2c(ccn2-c2ccccc2C(=O)O)c1. The standard InChI is InChI=1S/C31H26N4O2/c1-3-29-33-30-20(2)16-23(25-9-6-7-14-32-25)18-28(30)35(29)19-21-11-12-26-22(17-21)13-15-34(26)27-10-5-4-8-24(27)31(36)37/h4-18H,3,19H2,1-2H3,(H,36,37). The summed E-state index contributed by atoms with van der Waals surface area (Å²) >= 11 is 0. The molecule has 6 aromatic rings. The van der Waals surface area contributed by atoms with Crippen LogP contribution in [0.15, 0.2) is 91.3 Å². The molecule has 0 radical (unpaired) electrons. The Morgan fingerprint density at radius 3 is 2.57 bits per heavy atom. The number of carbonyl (C=O) groups is 1. The van der Waals surface area contributed by atoms with E-state index < -0.39 is 5.97 Å². The van der Waals surface area contributed by atoms with E-state index >= 15 is 0 Å². The van der Waals surface area contributed by atoms with Crippen LogP contribution in [0.1, 0.15) is 34.2 Å². The molecule has 3 heterocycles. The number of para-hydroxylation sites is 1. The largest absolute Gasteiger partial charge is 0.478 e. The molecule has 3 aromatic heterocycles. The molecule has 0 aliphatic heterocycles. The number of benzene rings is 3. The highest BCUT2D eigenvalue weighted by Gasteiger charge is 2.16. The molecular formula is C31H26N4O2. The van der Waals surface area contributed by atoms with E-state index in [4.69, 9.17) is 4.98 Å². The van der Waals surface area contributed by atoms with Crippen LogP contribution in [0, 0.1) is 6.92 Å². The van der Waals surface area contributed by atoms with Gasteiger partial charge >= 0.3 is 5.97 Å². The van der Waals surface area contributed by atoms with Crippen molar-refractivity contribution in [3.8, 4) is 16.9 Å². The summed E-state index contributed by atoms with van der Waals surface area (Å²) in [5, 5.41) is 10.7. The van der Waals surface area contributed by atoms with Gasteiger partial charge in [0, 0.05) is 36.3 Å². The molecule has 0 spiro atoms. The van der Waals surface area contributed by atoms with Crippen LogP contribution in [-0.2, 0) is 13.0 Å². The van der Waals surface area contributed by atoms with Gasteiger partial charge in [-0.3, -0.25) is 4.98 Å². The minimum absolute atomic E-state index is 0.278. The van der Waals surface area contributed by atoms with Crippen LogP contribution >= 0.6 is 0 Å². The molecule has 0 amide bonds.